The van der Waals surface area contributed by atoms with Crippen LogP contribution in [0, 0.1) is 74.9 Å². The minimum atomic E-state index is -0.717. The molecule has 2 heterocycles. The standard InChI is InChI=1S/C24H38O3.C23H34O4.CH4S.CH4/c1-15(20(25)26-5)17-8-9-18-19-7-6-16-14-21(2)10-12-23(16,4)24(19,27-21)13-11-22(17,18)3;1-14(20(25)27-4)17-7-8-18-19-6-5-15-13-16(24)9-10-22(15,3)23(19,26)12-11-21(17,18)2;1-2;/h15-19H,6-14H2,1-5H3;13-14,17-19,26H,5-12H2,1-4H3;2H,1H3;1H4/t15-,16+,17+,18?,19?,21-,22+,23-,24+;14-,17+,18?,19?,21+,22-,23+;;/m00../s1. The van der Waals surface area contributed by atoms with E-state index < -0.39 is 5.60 Å². The first-order valence-corrected chi connectivity index (χ1v) is 23.5. The van der Waals surface area contributed by atoms with E-state index in [4.69, 9.17) is 14.2 Å². The minimum absolute atomic E-state index is 0. The predicted octanol–water partition coefficient (Wildman–Crippen LogP) is 10.6. The first-order valence-electron chi connectivity index (χ1n) is 22.6. The molecule has 8 heteroatoms. The fraction of sp³-hybridized carbons (Fsp3) is 0.898. The molecule has 7 nitrogen and oxygen atoms in total. The summed E-state index contributed by atoms with van der Waals surface area (Å²) in [7, 11) is 3.02. The first-order chi connectivity index (χ1) is 26.4. The Morgan fingerprint density at radius 3 is 1.84 bits per heavy atom. The van der Waals surface area contributed by atoms with E-state index in [-0.39, 0.29) is 70.3 Å². The molecule has 0 amide bonds. The molecule has 0 aromatic rings. The van der Waals surface area contributed by atoms with Crippen LogP contribution < -0.4 is 0 Å². The smallest absolute Gasteiger partial charge is 0.308 e. The summed E-state index contributed by atoms with van der Waals surface area (Å²) in [6.45, 7) is 16.1. The minimum Gasteiger partial charge on any atom is -0.469 e. The van der Waals surface area contributed by atoms with E-state index in [1.807, 2.05) is 13.0 Å². The van der Waals surface area contributed by atoms with Crippen molar-refractivity contribution in [2.45, 2.75) is 182 Å². The summed E-state index contributed by atoms with van der Waals surface area (Å²) in [4.78, 5) is 36.5. The van der Waals surface area contributed by atoms with Gasteiger partial charge in [0.2, 0.25) is 0 Å². The van der Waals surface area contributed by atoms with E-state index in [9.17, 15) is 19.5 Å². The van der Waals surface area contributed by atoms with Crippen molar-refractivity contribution < 1.29 is 33.7 Å². The lowest BCUT2D eigenvalue weighted by Gasteiger charge is -2.74. The lowest BCUT2D eigenvalue weighted by molar-refractivity contribution is -0.360. The fourth-order valence-electron chi connectivity index (χ4n) is 17.0. The normalized spacial score (nSPS) is 49.5. The Balaban J connectivity index is 0.000000182. The molecule has 9 fully saturated rings. The van der Waals surface area contributed by atoms with Gasteiger partial charge in [0, 0.05) is 11.8 Å². The van der Waals surface area contributed by atoms with Crippen LogP contribution in [0.15, 0.2) is 11.6 Å². The molecule has 10 aliphatic rings. The molecule has 0 aromatic carbocycles. The summed E-state index contributed by atoms with van der Waals surface area (Å²) >= 11 is 3.53. The van der Waals surface area contributed by atoms with Gasteiger partial charge in [0.15, 0.2) is 5.78 Å². The molecule has 8 aliphatic carbocycles. The number of thiol groups is 1. The molecule has 57 heavy (non-hydrogen) atoms. The number of ketones is 1. The van der Waals surface area contributed by atoms with Crippen molar-refractivity contribution in [1.82, 2.24) is 0 Å². The van der Waals surface area contributed by atoms with E-state index in [0.717, 1.165) is 50.9 Å². The third-order valence-electron chi connectivity index (χ3n) is 20.2. The molecule has 324 valence electrons. The van der Waals surface area contributed by atoms with Crippen LogP contribution in [0.25, 0.3) is 0 Å². The average Bonchev–Trinajstić information content (AvgIpc) is 3.72. The zero-order valence-corrected chi connectivity index (χ0v) is 37.5. The van der Waals surface area contributed by atoms with Gasteiger partial charge in [-0.15, -0.1) is 0 Å². The van der Waals surface area contributed by atoms with Gasteiger partial charge in [0.25, 0.3) is 0 Å². The molecule has 7 saturated carbocycles. The third-order valence-corrected chi connectivity index (χ3v) is 20.2. The van der Waals surface area contributed by atoms with E-state index in [2.05, 4.69) is 54.2 Å². The maximum Gasteiger partial charge on any atom is 0.308 e. The molecule has 2 saturated heterocycles. The number of esters is 2. The van der Waals surface area contributed by atoms with E-state index in [1.165, 1.54) is 70.5 Å². The number of hydrogen-bond donors (Lipinski definition) is 2. The highest BCUT2D eigenvalue weighted by Crippen LogP contribution is 2.75. The monoisotopic (exact) mass is 813 g/mol. The summed E-state index contributed by atoms with van der Waals surface area (Å²) in [6.07, 6.45) is 22.1. The van der Waals surface area contributed by atoms with E-state index in [1.54, 1.807) is 13.4 Å². The predicted molar refractivity (Wildman–Crippen MR) is 230 cm³/mol. The number of ether oxygens (including phenoxy) is 3. The molecule has 2 aliphatic heterocycles. The summed E-state index contributed by atoms with van der Waals surface area (Å²) in [5.41, 5.74) is 1.16. The first kappa shape index (κ1) is 45.2. The summed E-state index contributed by atoms with van der Waals surface area (Å²) < 4.78 is 17.3. The Kier molecular flexibility index (Phi) is 12.3. The van der Waals surface area contributed by atoms with E-state index in [0.29, 0.717) is 41.4 Å². The summed E-state index contributed by atoms with van der Waals surface area (Å²) in [6, 6.07) is 0. The molecule has 16 atom stereocenters. The number of carbonyl (C=O) groups excluding carboxylic acids is 3. The second kappa shape index (κ2) is 15.5. The average molecular weight is 813 g/mol. The van der Waals surface area contributed by atoms with Crippen LogP contribution in [0.3, 0.4) is 0 Å². The molecular formula is C49H80O7S. The van der Waals surface area contributed by atoms with Gasteiger partial charge >= 0.3 is 11.9 Å². The van der Waals surface area contributed by atoms with Gasteiger partial charge in [-0.25, -0.2) is 0 Å². The molecule has 1 N–H and O–H groups in total. The zero-order chi connectivity index (χ0) is 40.9. The van der Waals surface area contributed by atoms with Gasteiger partial charge in [-0.3, -0.25) is 14.4 Å². The van der Waals surface area contributed by atoms with Crippen molar-refractivity contribution in [3.8, 4) is 0 Å². The van der Waals surface area contributed by atoms with E-state index >= 15 is 0 Å². The second-order valence-corrected chi connectivity index (χ2v) is 21.7. The lowest BCUT2D eigenvalue weighted by atomic mass is 9.39. The molecule has 4 bridgehead atoms. The third kappa shape index (κ3) is 6.33. The lowest BCUT2D eigenvalue weighted by Crippen LogP contribution is -2.74. The molecule has 4 unspecified atom stereocenters. The highest BCUT2D eigenvalue weighted by atomic mass is 32.1. The fourth-order valence-corrected chi connectivity index (χ4v) is 17.0. The number of methoxy groups -OCH3 is 2. The van der Waals surface area contributed by atoms with Crippen molar-refractivity contribution in [1.29, 1.82) is 0 Å². The maximum atomic E-state index is 12.3. The number of aliphatic hydroxyl groups is 1. The SMILES string of the molecule is C.COC(=O)[C@@H](C)[C@H]1CCC2C3CCC4=CC(=O)CC[C@]4(C)[C@@]3(O)CC[C@@]21C.COC(=O)[C@@H](C)[C@H]1CCC2C3CC[C@@H]4C[C@]5(C)CC[C@]4(C)[C@]3(CC[C@@]21C)O5.CS. The maximum absolute atomic E-state index is 12.3. The molecule has 1 spiro atoms. The van der Waals surface area contributed by atoms with Gasteiger partial charge in [0.1, 0.15) is 0 Å². The van der Waals surface area contributed by atoms with Crippen molar-refractivity contribution in [3.63, 3.8) is 0 Å². The Bertz CT molecular complexity index is 1590. The molecule has 0 radical (unpaired) electrons. The van der Waals surface area contributed by atoms with Crippen molar-refractivity contribution in [2.24, 2.45) is 74.9 Å². The van der Waals surface area contributed by atoms with Crippen LogP contribution >= 0.6 is 12.6 Å². The van der Waals surface area contributed by atoms with Gasteiger partial charge in [-0.2, -0.15) is 12.6 Å². The Morgan fingerprint density at radius 1 is 0.719 bits per heavy atom. The molecule has 10 rings (SSSR count). The van der Waals surface area contributed by atoms with Gasteiger partial charge < -0.3 is 19.3 Å². The molecule has 0 aromatic heterocycles. The van der Waals surface area contributed by atoms with Crippen LogP contribution in [-0.2, 0) is 28.6 Å². The Morgan fingerprint density at radius 2 is 1.26 bits per heavy atom. The topological polar surface area (TPSA) is 99.1 Å². The Hall–Kier alpha value is -1.38. The van der Waals surface area contributed by atoms with Crippen molar-refractivity contribution in [2.75, 3.05) is 20.5 Å². The molecular weight excluding hydrogens is 733 g/mol. The van der Waals surface area contributed by atoms with Gasteiger partial charge in [0.05, 0.1) is 42.9 Å². The number of fused-ring (bicyclic) bond motifs is 8. The second-order valence-electron chi connectivity index (χ2n) is 21.7. The zero-order valence-electron chi connectivity index (χ0n) is 36.6. The van der Waals surface area contributed by atoms with Crippen molar-refractivity contribution in [3.05, 3.63) is 11.6 Å². The highest BCUT2D eigenvalue weighted by Gasteiger charge is 2.73. The number of carbonyl (C=O) groups is 3. The van der Waals surface area contributed by atoms with Crippen molar-refractivity contribution >= 4 is 30.4 Å². The largest absolute Gasteiger partial charge is 0.469 e. The van der Waals surface area contributed by atoms with Gasteiger partial charge in [-0.1, -0.05) is 54.5 Å². The Labute approximate surface area is 351 Å². The quantitative estimate of drug-likeness (QED) is 0.215. The van der Waals surface area contributed by atoms with Crippen LogP contribution in [0.2, 0.25) is 0 Å². The summed E-state index contributed by atoms with van der Waals surface area (Å²) in [5.74, 6) is 3.81. The number of rotatable bonds is 4. The van der Waals surface area contributed by atoms with Crippen LogP contribution in [0.4, 0.5) is 0 Å². The van der Waals surface area contributed by atoms with Crippen LogP contribution in [-0.4, -0.2) is 60.1 Å². The highest BCUT2D eigenvalue weighted by molar-refractivity contribution is 7.79. The summed E-state index contributed by atoms with van der Waals surface area (Å²) in [5, 5.41) is 12.0. The number of hydrogen-bond acceptors (Lipinski definition) is 8. The van der Waals surface area contributed by atoms with Crippen LogP contribution in [0.5, 0.6) is 0 Å². The van der Waals surface area contributed by atoms with Gasteiger partial charge in [-0.05, 0) is 180 Å². The van der Waals surface area contributed by atoms with Crippen LogP contribution in [0.1, 0.15) is 165 Å².